The lowest BCUT2D eigenvalue weighted by Crippen LogP contribution is -2.43. The predicted octanol–water partition coefficient (Wildman–Crippen LogP) is 3.26. The highest BCUT2D eigenvalue weighted by atomic mass is 35.5. The van der Waals surface area contributed by atoms with Gasteiger partial charge < -0.3 is 9.53 Å². The van der Waals surface area contributed by atoms with Crippen molar-refractivity contribution in [1.29, 1.82) is 0 Å². The summed E-state index contributed by atoms with van der Waals surface area (Å²) in [5, 5.41) is 10.3. The van der Waals surface area contributed by atoms with Crippen molar-refractivity contribution >= 4 is 19.9 Å². The van der Waals surface area contributed by atoms with Crippen LogP contribution in [0.5, 0.6) is 0 Å². The monoisotopic (exact) mass is 248 g/mol. The van der Waals surface area contributed by atoms with E-state index in [-0.39, 0.29) is 11.1 Å². The van der Waals surface area contributed by atoms with Gasteiger partial charge in [-0.15, -0.1) is 0 Å². The summed E-state index contributed by atoms with van der Waals surface area (Å²) in [7, 11) is -1.78. The molecule has 2 atom stereocenters. The van der Waals surface area contributed by atoms with Crippen LogP contribution in [0.15, 0.2) is 11.1 Å². The number of hydrogen-bond donors (Lipinski definition) is 1. The van der Waals surface area contributed by atoms with E-state index in [4.69, 9.17) is 16.0 Å². The van der Waals surface area contributed by atoms with E-state index < -0.39 is 14.4 Å². The molecule has 0 aromatic carbocycles. The van der Waals surface area contributed by atoms with E-state index in [1.807, 2.05) is 0 Å². The second kappa shape index (κ2) is 4.21. The van der Waals surface area contributed by atoms with Crippen LogP contribution in [-0.4, -0.2) is 25.6 Å². The van der Waals surface area contributed by atoms with E-state index in [0.717, 1.165) is 0 Å². The van der Waals surface area contributed by atoms with Gasteiger partial charge in [0.25, 0.3) is 0 Å². The fourth-order valence-electron chi connectivity index (χ4n) is 1.33. The highest BCUT2D eigenvalue weighted by Crippen LogP contribution is 2.40. The third-order valence-electron chi connectivity index (χ3n) is 3.36. The molecule has 88 valence electrons. The zero-order valence-corrected chi connectivity index (χ0v) is 11.9. The molecule has 0 saturated heterocycles. The molecule has 15 heavy (non-hydrogen) atoms. The average Bonchev–Trinajstić information content (AvgIpc) is 2.26. The van der Waals surface area contributed by atoms with Crippen molar-refractivity contribution in [3.8, 4) is 0 Å². The molecule has 0 amide bonds. The third kappa shape index (κ3) is 3.06. The number of hydrogen-bond acceptors (Lipinski definition) is 2. The first-order chi connectivity index (χ1) is 6.63. The van der Waals surface area contributed by atoms with Crippen molar-refractivity contribution in [2.75, 3.05) is 0 Å². The summed E-state index contributed by atoms with van der Waals surface area (Å²) in [6.45, 7) is 11.0. The van der Waals surface area contributed by atoms with E-state index in [0.29, 0.717) is 11.5 Å². The van der Waals surface area contributed by atoms with Crippen LogP contribution in [0.4, 0.5) is 0 Å². The predicted molar refractivity (Wildman–Crippen MR) is 66.6 cm³/mol. The molecular formula is C11H21ClO2Si. The topological polar surface area (TPSA) is 29.5 Å². The molecule has 0 spiro atoms. The zero-order chi connectivity index (χ0) is 11.9. The molecule has 0 saturated carbocycles. The van der Waals surface area contributed by atoms with Gasteiger partial charge in [-0.05, 0) is 24.2 Å². The summed E-state index contributed by atoms with van der Waals surface area (Å²) >= 11 is 6.03. The summed E-state index contributed by atoms with van der Waals surface area (Å²) in [5.41, 5.74) is 0. The molecule has 1 N–H and O–H groups in total. The Kier molecular flexibility index (Phi) is 3.71. The molecule has 0 aromatic rings. The second-order valence-electron chi connectivity index (χ2n) is 5.72. The Balaban J connectivity index is 2.68. The average molecular weight is 249 g/mol. The molecule has 0 heterocycles. The van der Waals surface area contributed by atoms with Gasteiger partial charge in [0.15, 0.2) is 8.32 Å². The second-order valence-corrected chi connectivity index (χ2v) is 10.9. The molecule has 0 fully saturated rings. The SMILES string of the molecule is CC(C)(C)[Si](C)(C)OC1CC(O)C=C1Cl. The smallest absolute Gasteiger partial charge is 0.192 e. The Morgan fingerprint density at radius 2 is 2.00 bits per heavy atom. The van der Waals surface area contributed by atoms with Crippen molar-refractivity contribution in [1.82, 2.24) is 0 Å². The van der Waals surface area contributed by atoms with Crippen molar-refractivity contribution in [3.05, 3.63) is 11.1 Å². The molecule has 1 rings (SSSR count). The van der Waals surface area contributed by atoms with Gasteiger partial charge in [0.1, 0.15) is 0 Å². The number of aliphatic hydroxyl groups is 1. The maximum absolute atomic E-state index is 9.44. The lowest BCUT2D eigenvalue weighted by Gasteiger charge is -2.38. The highest BCUT2D eigenvalue weighted by molar-refractivity contribution is 6.74. The first-order valence-corrected chi connectivity index (χ1v) is 8.65. The molecule has 4 heteroatoms. The van der Waals surface area contributed by atoms with E-state index in [1.165, 1.54) is 0 Å². The van der Waals surface area contributed by atoms with Crippen LogP contribution >= 0.6 is 11.6 Å². The Morgan fingerprint density at radius 3 is 2.33 bits per heavy atom. The Hall–Kier alpha value is 0.167. The van der Waals surface area contributed by atoms with Crippen molar-refractivity contribution < 1.29 is 9.53 Å². The maximum atomic E-state index is 9.44. The van der Waals surface area contributed by atoms with E-state index >= 15 is 0 Å². The fourth-order valence-corrected chi connectivity index (χ4v) is 2.97. The van der Waals surface area contributed by atoms with E-state index in [1.54, 1.807) is 6.08 Å². The van der Waals surface area contributed by atoms with Gasteiger partial charge in [-0.3, -0.25) is 0 Å². The largest absolute Gasteiger partial charge is 0.409 e. The van der Waals surface area contributed by atoms with Gasteiger partial charge in [-0.1, -0.05) is 32.4 Å². The van der Waals surface area contributed by atoms with Gasteiger partial charge in [0.05, 0.1) is 12.2 Å². The van der Waals surface area contributed by atoms with Crippen LogP contribution in [0.25, 0.3) is 0 Å². The summed E-state index contributed by atoms with van der Waals surface area (Å²) in [6, 6.07) is 0. The first kappa shape index (κ1) is 13.2. The van der Waals surface area contributed by atoms with Crippen LogP contribution in [-0.2, 0) is 4.43 Å². The van der Waals surface area contributed by atoms with Gasteiger partial charge >= 0.3 is 0 Å². The number of aliphatic hydroxyl groups excluding tert-OH is 1. The minimum absolute atomic E-state index is 0.0949. The van der Waals surface area contributed by atoms with Crippen molar-refractivity contribution in [3.63, 3.8) is 0 Å². The van der Waals surface area contributed by atoms with Crippen LogP contribution in [0.2, 0.25) is 18.1 Å². The minimum atomic E-state index is -1.78. The van der Waals surface area contributed by atoms with Crippen molar-refractivity contribution in [2.45, 2.75) is 57.5 Å². The number of rotatable bonds is 2. The van der Waals surface area contributed by atoms with E-state index in [9.17, 15) is 5.11 Å². The lowest BCUT2D eigenvalue weighted by atomic mass is 10.2. The normalized spacial score (nSPS) is 28.1. The summed E-state index contributed by atoms with van der Waals surface area (Å²) < 4.78 is 6.12. The molecular weight excluding hydrogens is 228 g/mol. The standard InChI is InChI=1S/C11H21ClO2Si/c1-11(2,3)15(4,5)14-10-7-8(13)6-9(10)12/h6,8,10,13H,7H2,1-5H3. The Bertz CT molecular complexity index is 268. The molecule has 1 aliphatic carbocycles. The molecule has 0 aromatic heterocycles. The van der Waals surface area contributed by atoms with Crippen molar-refractivity contribution in [2.24, 2.45) is 0 Å². The van der Waals surface area contributed by atoms with Crippen LogP contribution in [0.3, 0.4) is 0 Å². The summed E-state index contributed by atoms with van der Waals surface area (Å²) in [4.78, 5) is 0. The van der Waals surface area contributed by atoms with Crippen LogP contribution in [0, 0.1) is 0 Å². The minimum Gasteiger partial charge on any atom is -0.409 e. The van der Waals surface area contributed by atoms with E-state index in [2.05, 4.69) is 33.9 Å². The molecule has 0 bridgehead atoms. The Morgan fingerprint density at radius 1 is 1.47 bits per heavy atom. The van der Waals surface area contributed by atoms with Gasteiger partial charge in [-0.25, -0.2) is 0 Å². The van der Waals surface area contributed by atoms with Crippen LogP contribution < -0.4 is 0 Å². The van der Waals surface area contributed by atoms with Crippen LogP contribution in [0.1, 0.15) is 27.2 Å². The maximum Gasteiger partial charge on any atom is 0.192 e. The fraction of sp³-hybridized carbons (Fsp3) is 0.818. The third-order valence-corrected chi connectivity index (χ3v) is 8.21. The molecule has 0 aliphatic heterocycles. The van der Waals surface area contributed by atoms with Gasteiger partial charge in [0, 0.05) is 11.5 Å². The highest BCUT2D eigenvalue weighted by Gasteiger charge is 2.41. The zero-order valence-electron chi connectivity index (χ0n) is 10.2. The molecule has 2 unspecified atom stereocenters. The molecule has 1 aliphatic rings. The molecule has 0 radical (unpaired) electrons. The van der Waals surface area contributed by atoms with Gasteiger partial charge in [-0.2, -0.15) is 0 Å². The van der Waals surface area contributed by atoms with Gasteiger partial charge in [0.2, 0.25) is 0 Å². The quantitative estimate of drug-likeness (QED) is 0.761. The number of halogens is 1. The summed E-state index contributed by atoms with van der Waals surface area (Å²) in [5.74, 6) is 0. The Labute approximate surface area is 98.4 Å². The first-order valence-electron chi connectivity index (χ1n) is 5.36. The lowest BCUT2D eigenvalue weighted by molar-refractivity contribution is 0.154. The summed E-state index contributed by atoms with van der Waals surface area (Å²) in [6.07, 6.45) is 1.75. The molecule has 2 nitrogen and oxygen atoms in total.